The molecular weight excluding hydrogens is 366 g/mol. The Labute approximate surface area is 160 Å². The van der Waals surface area contributed by atoms with Gasteiger partial charge in [-0.15, -0.1) is 11.3 Å². The maximum absolute atomic E-state index is 12.8. The fourth-order valence-corrected chi connectivity index (χ4v) is 4.02. The Morgan fingerprint density at radius 3 is 2.96 bits per heavy atom. The van der Waals surface area contributed by atoms with E-state index in [0.717, 1.165) is 6.42 Å². The molecule has 2 atom stereocenters. The van der Waals surface area contributed by atoms with Crippen molar-refractivity contribution in [2.45, 2.75) is 31.9 Å². The number of fused-ring (bicyclic) bond motifs is 1. The summed E-state index contributed by atoms with van der Waals surface area (Å²) >= 11 is 1.37. The molecule has 0 spiro atoms. The number of nitrogens with one attached hydrogen (secondary N) is 2. The molecule has 3 amide bonds. The SMILES string of the molecule is C[C@@H]1Oc2ccc(NC(=O)[C@@H]3CCCN3C(=O)c3cccs3)cc2NC1=O. The minimum Gasteiger partial charge on any atom is -0.479 e. The van der Waals surface area contributed by atoms with Crippen LogP contribution in [0.4, 0.5) is 11.4 Å². The molecule has 1 fully saturated rings. The van der Waals surface area contributed by atoms with Crippen LogP contribution in [0.2, 0.25) is 0 Å². The number of ether oxygens (including phenoxy) is 1. The normalized spacial score (nSPS) is 21.2. The van der Waals surface area contributed by atoms with E-state index in [1.54, 1.807) is 36.1 Å². The second-order valence-electron chi connectivity index (χ2n) is 6.58. The van der Waals surface area contributed by atoms with Crippen molar-refractivity contribution in [3.63, 3.8) is 0 Å². The average molecular weight is 385 g/mol. The molecule has 2 aliphatic heterocycles. The van der Waals surface area contributed by atoms with Gasteiger partial charge < -0.3 is 20.3 Å². The molecule has 0 unspecified atom stereocenters. The summed E-state index contributed by atoms with van der Waals surface area (Å²) in [7, 11) is 0. The zero-order valence-electron chi connectivity index (χ0n) is 14.7. The number of hydrogen-bond acceptors (Lipinski definition) is 5. The number of likely N-dealkylation sites (tertiary alicyclic amines) is 1. The molecule has 2 N–H and O–H groups in total. The van der Waals surface area contributed by atoms with E-state index in [-0.39, 0.29) is 17.7 Å². The summed E-state index contributed by atoms with van der Waals surface area (Å²) in [5, 5.41) is 7.46. The number of benzene rings is 1. The van der Waals surface area contributed by atoms with Crippen molar-refractivity contribution in [2.75, 3.05) is 17.2 Å². The number of amides is 3. The van der Waals surface area contributed by atoms with Crippen LogP contribution in [0.3, 0.4) is 0 Å². The predicted octanol–water partition coefficient (Wildman–Crippen LogP) is 2.71. The summed E-state index contributed by atoms with van der Waals surface area (Å²) < 4.78 is 5.52. The summed E-state index contributed by atoms with van der Waals surface area (Å²) in [6.07, 6.45) is 0.875. The van der Waals surface area contributed by atoms with Gasteiger partial charge in [0.1, 0.15) is 11.8 Å². The zero-order chi connectivity index (χ0) is 19.0. The van der Waals surface area contributed by atoms with Gasteiger partial charge in [0.25, 0.3) is 11.8 Å². The van der Waals surface area contributed by atoms with Gasteiger partial charge >= 0.3 is 0 Å². The molecule has 7 nitrogen and oxygen atoms in total. The van der Waals surface area contributed by atoms with Gasteiger partial charge in [0, 0.05) is 12.2 Å². The van der Waals surface area contributed by atoms with Crippen LogP contribution in [0.5, 0.6) is 5.75 Å². The van der Waals surface area contributed by atoms with Crippen molar-refractivity contribution >= 4 is 40.4 Å². The Kier molecular flexibility index (Phi) is 4.57. The van der Waals surface area contributed by atoms with Crippen LogP contribution in [0.1, 0.15) is 29.4 Å². The number of hydrogen-bond donors (Lipinski definition) is 2. The number of nitrogens with zero attached hydrogens (tertiary/aromatic N) is 1. The van der Waals surface area contributed by atoms with Crippen molar-refractivity contribution in [1.82, 2.24) is 4.90 Å². The number of thiophene rings is 1. The van der Waals surface area contributed by atoms with Crippen LogP contribution in [0, 0.1) is 0 Å². The molecule has 0 bridgehead atoms. The van der Waals surface area contributed by atoms with Crippen LogP contribution < -0.4 is 15.4 Å². The van der Waals surface area contributed by atoms with Crippen LogP contribution in [-0.2, 0) is 9.59 Å². The van der Waals surface area contributed by atoms with Gasteiger partial charge in [-0.2, -0.15) is 0 Å². The Hall–Kier alpha value is -2.87. The Morgan fingerprint density at radius 2 is 2.19 bits per heavy atom. The van der Waals surface area contributed by atoms with E-state index in [2.05, 4.69) is 10.6 Å². The highest BCUT2D eigenvalue weighted by molar-refractivity contribution is 7.12. The Bertz CT molecular complexity index is 896. The minimum absolute atomic E-state index is 0.109. The number of rotatable bonds is 3. The quantitative estimate of drug-likeness (QED) is 0.850. The molecule has 8 heteroatoms. The molecule has 3 heterocycles. The molecule has 0 radical (unpaired) electrons. The maximum atomic E-state index is 12.8. The average Bonchev–Trinajstić information content (AvgIpc) is 3.34. The van der Waals surface area contributed by atoms with Crippen molar-refractivity contribution < 1.29 is 19.1 Å². The molecule has 1 aromatic heterocycles. The lowest BCUT2D eigenvalue weighted by Crippen LogP contribution is -2.43. The molecule has 4 rings (SSSR count). The summed E-state index contributed by atoms with van der Waals surface area (Å²) in [5.74, 6) is 0.00137. The van der Waals surface area contributed by atoms with E-state index in [0.29, 0.717) is 35.0 Å². The first kappa shape index (κ1) is 17.5. The van der Waals surface area contributed by atoms with E-state index in [9.17, 15) is 14.4 Å². The molecule has 0 aliphatic carbocycles. The van der Waals surface area contributed by atoms with Crippen LogP contribution in [0.15, 0.2) is 35.7 Å². The van der Waals surface area contributed by atoms with E-state index in [1.807, 2.05) is 11.4 Å². The van der Waals surface area contributed by atoms with Crippen LogP contribution >= 0.6 is 11.3 Å². The van der Waals surface area contributed by atoms with Crippen molar-refractivity contribution in [1.29, 1.82) is 0 Å². The fourth-order valence-electron chi connectivity index (χ4n) is 3.34. The van der Waals surface area contributed by atoms with E-state index in [1.165, 1.54) is 11.3 Å². The highest BCUT2D eigenvalue weighted by Crippen LogP contribution is 2.32. The molecule has 27 heavy (non-hydrogen) atoms. The molecule has 2 aliphatic rings. The molecular formula is C19H19N3O4S. The van der Waals surface area contributed by atoms with E-state index in [4.69, 9.17) is 4.74 Å². The molecule has 0 saturated carbocycles. The lowest BCUT2D eigenvalue weighted by Gasteiger charge is -2.25. The number of anilines is 2. The van der Waals surface area contributed by atoms with Gasteiger partial charge in [0.15, 0.2) is 6.10 Å². The smallest absolute Gasteiger partial charge is 0.265 e. The standard InChI is InChI=1S/C19H19N3O4S/c1-11-17(23)21-13-10-12(6-7-15(13)26-11)20-18(24)14-4-2-8-22(14)19(25)16-5-3-9-27-16/h3,5-7,9-11,14H,2,4,8H2,1H3,(H,20,24)(H,21,23)/t11-,14-/m0/s1. The van der Waals surface area contributed by atoms with Crippen LogP contribution in [0.25, 0.3) is 0 Å². The first-order chi connectivity index (χ1) is 13.0. The van der Waals surface area contributed by atoms with E-state index < -0.39 is 12.1 Å². The van der Waals surface area contributed by atoms with Crippen LogP contribution in [-0.4, -0.2) is 41.3 Å². The molecule has 1 saturated heterocycles. The monoisotopic (exact) mass is 385 g/mol. The van der Waals surface area contributed by atoms with Crippen molar-refractivity contribution in [3.05, 3.63) is 40.6 Å². The van der Waals surface area contributed by atoms with Gasteiger partial charge in [0.2, 0.25) is 5.91 Å². The summed E-state index contributed by atoms with van der Waals surface area (Å²) in [6, 6.07) is 8.20. The maximum Gasteiger partial charge on any atom is 0.265 e. The summed E-state index contributed by atoms with van der Waals surface area (Å²) in [4.78, 5) is 39.4. The third-order valence-electron chi connectivity index (χ3n) is 4.73. The summed E-state index contributed by atoms with van der Waals surface area (Å²) in [6.45, 7) is 2.24. The van der Waals surface area contributed by atoms with Gasteiger partial charge in [0.05, 0.1) is 10.6 Å². The Morgan fingerprint density at radius 1 is 1.33 bits per heavy atom. The lowest BCUT2D eigenvalue weighted by molar-refractivity contribution is -0.122. The third-order valence-corrected chi connectivity index (χ3v) is 5.58. The van der Waals surface area contributed by atoms with Gasteiger partial charge in [-0.3, -0.25) is 14.4 Å². The Balaban J connectivity index is 1.48. The topological polar surface area (TPSA) is 87.7 Å². The second kappa shape index (κ2) is 7.03. The number of carbonyl (C=O) groups is 3. The first-order valence-electron chi connectivity index (χ1n) is 8.80. The summed E-state index contributed by atoms with van der Waals surface area (Å²) in [5.41, 5.74) is 1.07. The second-order valence-corrected chi connectivity index (χ2v) is 7.53. The predicted molar refractivity (Wildman–Crippen MR) is 102 cm³/mol. The molecule has 140 valence electrons. The lowest BCUT2D eigenvalue weighted by atomic mass is 10.1. The van der Waals surface area contributed by atoms with Crippen molar-refractivity contribution in [2.24, 2.45) is 0 Å². The highest BCUT2D eigenvalue weighted by atomic mass is 32.1. The van der Waals surface area contributed by atoms with E-state index >= 15 is 0 Å². The van der Waals surface area contributed by atoms with Gasteiger partial charge in [-0.1, -0.05) is 6.07 Å². The first-order valence-corrected chi connectivity index (χ1v) is 9.68. The highest BCUT2D eigenvalue weighted by Gasteiger charge is 2.35. The zero-order valence-corrected chi connectivity index (χ0v) is 15.5. The van der Waals surface area contributed by atoms with Crippen molar-refractivity contribution in [3.8, 4) is 5.75 Å². The fraction of sp³-hybridized carbons (Fsp3) is 0.316. The molecule has 1 aromatic carbocycles. The largest absolute Gasteiger partial charge is 0.479 e. The number of carbonyl (C=O) groups excluding carboxylic acids is 3. The minimum atomic E-state index is -0.548. The molecule has 2 aromatic rings. The van der Waals surface area contributed by atoms with Gasteiger partial charge in [-0.25, -0.2) is 0 Å². The third kappa shape index (κ3) is 3.40. The van der Waals surface area contributed by atoms with Gasteiger partial charge in [-0.05, 0) is 49.4 Å².